The van der Waals surface area contributed by atoms with Gasteiger partial charge < -0.3 is 14.9 Å². The van der Waals surface area contributed by atoms with E-state index >= 15 is 0 Å². The number of carbonyl (C=O) groups is 1. The second-order valence-electron chi connectivity index (χ2n) is 5.40. The predicted molar refractivity (Wildman–Crippen MR) is 76.3 cm³/mol. The molecule has 0 spiro atoms. The van der Waals surface area contributed by atoms with Crippen LogP contribution in [0.1, 0.15) is 56.4 Å². The van der Waals surface area contributed by atoms with Gasteiger partial charge in [0.2, 0.25) is 0 Å². The van der Waals surface area contributed by atoms with Gasteiger partial charge in [-0.15, -0.1) is 0 Å². The maximum absolute atomic E-state index is 10.4. The van der Waals surface area contributed by atoms with Crippen molar-refractivity contribution >= 4 is 5.97 Å². The second-order valence-corrected chi connectivity index (χ2v) is 5.40. The van der Waals surface area contributed by atoms with Gasteiger partial charge in [-0.3, -0.25) is 4.79 Å². The summed E-state index contributed by atoms with van der Waals surface area (Å²) in [6, 6.07) is 5.32. The molecule has 110 valence electrons. The summed E-state index contributed by atoms with van der Waals surface area (Å²) in [6.45, 7) is 0.390. The van der Waals surface area contributed by atoms with E-state index in [-0.39, 0.29) is 6.42 Å². The first-order valence-electron chi connectivity index (χ1n) is 7.34. The molecule has 0 aromatic heterocycles. The maximum atomic E-state index is 10.4. The highest BCUT2D eigenvalue weighted by Gasteiger charge is 2.19. The Morgan fingerprint density at radius 3 is 2.70 bits per heavy atom. The number of rotatable bonds is 6. The van der Waals surface area contributed by atoms with Crippen molar-refractivity contribution in [3.8, 4) is 11.5 Å². The first-order valence-corrected chi connectivity index (χ1v) is 7.34. The number of phenolic OH excluding ortho intramolecular Hbond substituents is 1. The molecule has 1 saturated carbocycles. The first-order chi connectivity index (χ1) is 9.66. The summed E-state index contributed by atoms with van der Waals surface area (Å²) in [5.41, 5.74) is 0.973. The van der Waals surface area contributed by atoms with Crippen molar-refractivity contribution < 1.29 is 19.7 Å². The third kappa shape index (κ3) is 4.15. The smallest absolute Gasteiger partial charge is 0.303 e. The van der Waals surface area contributed by atoms with Crippen molar-refractivity contribution in [2.75, 3.05) is 6.61 Å². The highest BCUT2D eigenvalue weighted by Crippen LogP contribution is 2.38. The topological polar surface area (TPSA) is 66.8 Å². The minimum Gasteiger partial charge on any atom is -0.508 e. The molecular formula is C16H22O4. The van der Waals surface area contributed by atoms with Gasteiger partial charge in [-0.25, -0.2) is 0 Å². The fourth-order valence-electron chi connectivity index (χ4n) is 2.78. The number of hydrogen-bond donors (Lipinski definition) is 2. The van der Waals surface area contributed by atoms with Crippen LogP contribution in [0.4, 0.5) is 0 Å². The van der Waals surface area contributed by atoms with Crippen molar-refractivity contribution in [1.29, 1.82) is 0 Å². The van der Waals surface area contributed by atoms with Gasteiger partial charge in [0, 0.05) is 12.0 Å². The molecule has 20 heavy (non-hydrogen) atoms. The van der Waals surface area contributed by atoms with Crippen LogP contribution >= 0.6 is 0 Å². The molecule has 0 saturated heterocycles. The zero-order valence-electron chi connectivity index (χ0n) is 11.7. The molecule has 2 N–H and O–H groups in total. The van der Waals surface area contributed by atoms with E-state index in [1.807, 2.05) is 6.07 Å². The molecule has 0 bridgehead atoms. The number of carboxylic acids is 1. The zero-order chi connectivity index (χ0) is 14.4. The summed E-state index contributed by atoms with van der Waals surface area (Å²) in [6.07, 6.45) is 6.57. The van der Waals surface area contributed by atoms with E-state index in [0.29, 0.717) is 30.4 Å². The third-order valence-corrected chi connectivity index (χ3v) is 3.85. The molecule has 1 aromatic rings. The Bertz CT molecular complexity index is 450. The van der Waals surface area contributed by atoms with Crippen LogP contribution in [-0.2, 0) is 4.79 Å². The molecule has 1 fully saturated rings. The number of benzene rings is 1. The lowest BCUT2D eigenvalue weighted by Crippen LogP contribution is -2.06. The van der Waals surface area contributed by atoms with E-state index in [4.69, 9.17) is 9.84 Å². The summed E-state index contributed by atoms with van der Waals surface area (Å²) >= 11 is 0. The minimum atomic E-state index is -0.804. The van der Waals surface area contributed by atoms with Crippen molar-refractivity contribution in [2.24, 2.45) is 0 Å². The van der Waals surface area contributed by atoms with Gasteiger partial charge in [0.05, 0.1) is 6.61 Å². The standard InChI is InChI=1S/C16H22O4/c17-15-9-8-13(20-10-4-7-16(18)19)11-14(15)12-5-2-1-3-6-12/h8-9,11-12,17H,1-7,10H2,(H,18,19). The molecule has 1 aliphatic carbocycles. The quantitative estimate of drug-likeness (QED) is 0.779. The predicted octanol–water partition coefficient (Wildman–Crippen LogP) is 3.68. The maximum Gasteiger partial charge on any atom is 0.303 e. The molecule has 2 rings (SSSR count). The number of hydrogen-bond acceptors (Lipinski definition) is 3. The lowest BCUT2D eigenvalue weighted by Gasteiger charge is -2.23. The molecule has 0 amide bonds. The van der Waals surface area contributed by atoms with Crippen LogP contribution in [0.2, 0.25) is 0 Å². The van der Waals surface area contributed by atoms with Gasteiger partial charge in [-0.05, 0) is 43.4 Å². The Morgan fingerprint density at radius 2 is 2.00 bits per heavy atom. The largest absolute Gasteiger partial charge is 0.508 e. The van der Waals surface area contributed by atoms with Gasteiger partial charge in [0.25, 0.3) is 0 Å². The lowest BCUT2D eigenvalue weighted by atomic mass is 9.83. The summed E-state index contributed by atoms with van der Waals surface area (Å²) in [7, 11) is 0. The zero-order valence-corrected chi connectivity index (χ0v) is 11.7. The van der Waals surface area contributed by atoms with E-state index in [2.05, 4.69) is 0 Å². The molecule has 0 atom stereocenters. The molecule has 1 aromatic carbocycles. The molecule has 1 aliphatic rings. The van der Waals surface area contributed by atoms with E-state index in [1.165, 1.54) is 19.3 Å². The van der Waals surface area contributed by atoms with Crippen molar-refractivity contribution in [2.45, 2.75) is 50.9 Å². The number of carboxylic acid groups (broad SMARTS) is 1. The van der Waals surface area contributed by atoms with E-state index in [0.717, 1.165) is 18.4 Å². The van der Waals surface area contributed by atoms with Gasteiger partial charge >= 0.3 is 5.97 Å². The Balaban J connectivity index is 1.95. The first kappa shape index (κ1) is 14.7. The summed E-state index contributed by atoms with van der Waals surface area (Å²) in [5, 5.41) is 18.6. The monoisotopic (exact) mass is 278 g/mol. The number of phenols is 1. The van der Waals surface area contributed by atoms with Crippen molar-refractivity contribution in [3.63, 3.8) is 0 Å². The van der Waals surface area contributed by atoms with Crippen LogP contribution in [-0.4, -0.2) is 22.8 Å². The molecule has 4 heteroatoms. The van der Waals surface area contributed by atoms with Gasteiger partial charge in [-0.2, -0.15) is 0 Å². The van der Waals surface area contributed by atoms with Gasteiger partial charge in [0.1, 0.15) is 11.5 Å². The Hall–Kier alpha value is -1.71. The van der Waals surface area contributed by atoms with Gasteiger partial charge in [0.15, 0.2) is 0 Å². The summed E-state index contributed by atoms with van der Waals surface area (Å²) in [4.78, 5) is 10.4. The van der Waals surface area contributed by atoms with E-state index < -0.39 is 5.97 Å². The Kier molecular flexibility index (Phi) is 5.27. The van der Waals surface area contributed by atoms with E-state index in [9.17, 15) is 9.90 Å². The SMILES string of the molecule is O=C(O)CCCOc1ccc(O)c(C2CCCCC2)c1. The Labute approximate surface area is 119 Å². The highest BCUT2D eigenvalue weighted by atomic mass is 16.5. The molecule has 0 unspecified atom stereocenters. The second kappa shape index (κ2) is 7.17. The molecule has 0 radical (unpaired) electrons. The lowest BCUT2D eigenvalue weighted by molar-refractivity contribution is -0.137. The third-order valence-electron chi connectivity index (χ3n) is 3.85. The van der Waals surface area contributed by atoms with Crippen LogP contribution in [0, 0.1) is 0 Å². The fraction of sp³-hybridized carbons (Fsp3) is 0.562. The molecule has 0 aliphatic heterocycles. The Morgan fingerprint density at radius 1 is 1.25 bits per heavy atom. The number of aliphatic carboxylic acids is 1. The molecule has 0 heterocycles. The number of aromatic hydroxyl groups is 1. The molecule has 4 nitrogen and oxygen atoms in total. The average Bonchev–Trinajstić information content (AvgIpc) is 2.46. The number of ether oxygens (including phenoxy) is 1. The fourth-order valence-corrected chi connectivity index (χ4v) is 2.78. The molecular weight excluding hydrogens is 256 g/mol. The normalized spacial score (nSPS) is 16.0. The summed E-state index contributed by atoms with van der Waals surface area (Å²) in [5.74, 6) is 0.678. The van der Waals surface area contributed by atoms with Crippen LogP contribution in [0.3, 0.4) is 0 Å². The summed E-state index contributed by atoms with van der Waals surface area (Å²) < 4.78 is 5.57. The van der Waals surface area contributed by atoms with Crippen molar-refractivity contribution in [1.82, 2.24) is 0 Å². The minimum absolute atomic E-state index is 0.119. The van der Waals surface area contributed by atoms with Crippen LogP contribution < -0.4 is 4.74 Å². The van der Waals surface area contributed by atoms with Crippen LogP contribution in [0.15, 0.2) is 18.2 Å². The van der Waals surface area contributed by atoms with E-state index in [1.54, 1.807) is 12.1 Å². The van der Waals surface area contributed by atoms with Crippen LogP contribution in [0.25, 0.3) is 0 Å². The van der Waals surface area contributed by atoms with Crippen molar-refractivity contribution in [3.05, 3.63) is 23.8 Å². The highest BCUT2D eigenvalue weighted by molar-refractivity contribution is 5.66. The van der Waals surface area contributed by atoms with Crippen LogP contribution in [0.5, 0.6) is 11.5 Å². The average molecular weight is 278 g/mol. The van der Waals surface area contributed by atoms with Gasteiger partial charge in [-0.1, -0.05) is 19.3 Å².